The number of benzene rings is 3. The first-order valence-electron chi connectivity index (χ1n) is 9.21. The van der Waals surface area contributed by atoms with Crippen molar-refractivity contribution in [1.29, 1.82) is 0 Å². The molecule has 0 aliphatic rings. The van der Waals surface area contributed by atoms with Gasteiger partial charge in [0.05, 0.1) is 6.42 Å². The Morgan fingerprint density at radius 2 is 1.41 bits per heavy atom. The highest BCUT2D eigenvalue weighted by atomic mass is 16.1. The molecule has 0 atom stereocenters. The summed E-state index contributed by atoms with van der Waals surface area (Å²) in [6, 6.07) is 28.7. The second-order valence-electron chi connectivity index (χ2n) is 6.72. The zero-order chi connectivity index (χ0) is 18.5. The number of fused-ring (bicyclic) bond motifs is 1. The van der Waals surface area contributed by atoms with Gasteiger partial charge in [-0.1, -0.05) is 78.9 Å². The smallest absolute Gasteiger partial charge is 0.224 e. The van der Waals surface area contributed by atoms with Gasteiger partial charge in [0.15, 0.2) is 0 Å². The van der Waals surface area contributed by atoms with Crippen molar-refractivity contribution in [2.24, 2.45) is 0 Å². The summed E-state index contributed by atoms with van der Waals surface area (Å²) < 4.78 is 2.23. The maximum atomic E-state index is 12.5. The van der Waals surface area contributed by atoms with E-state index < -0.39 is 0 Å². The third kappa shape index (κ3) is 4.09. The van der Waals surface area contributed by atoms with Crippen LogP contribution in [-0.4, -0.2) is 10.5 Å². The van der Waals surface area contributed by atoms with Gasteiger partial charge in [-0.15, -0.1) is 0 Å². The van der Waals surface area contributed by atoms with Gasteiger partial charge in [-0.2, -0.15) is 0 Å². The van der Waals surface area contributed by atoms with Gasteiger partial charge in [0.1, 0.15) is 0 Å². The molecule has 3 heteroatoms. The summed E-state index contributed by atoms with van der Waals surface area (Å²) in [5, 5.41) is 4.16. The first kappa shape index (κ1) is 17.1. The zero-order valence-corrected chi connectivity index (χ0v) is 15.1. The average molecular weight is 354 g/mol. The lowest BCUT2D eigenvalue weighted by atomic mass is 10.1. The molecular formula is C24H22N2O. The number of hydrogen-bond acceptors (Lipinski definition) is 1. The van der Waals surface area contributed by atoms with Crippen molar-refractivity contribution in [1.82, 2.24) is 9.88 Å². The molecule has 0 unspecified atom stereocenters. The number of aromatic nitrogens is 1. The minimum absolute atomic E-state index is 0.0430. The average Bonchev–Trinajstić information content (AvgIpc) is 3.05. The quantitative estimate of drug-likeness (QED) is 0.542. The fraction of sp³-hybridized carbons (Fsp3) is 0.125. The molecule has 1 aromatic heterocycles. The predicted molar refractivity (Wildman–Crippen MR) is 109 cm³/mol. The Hall–Kier alpha value is -3.33. The highest BCUT2D eigenvalue weighted by Crippen LogP contribution is 2.23. The number of nitrogens with zero attached hydrogens (tertiary/aromatic N) is 1. The maximum Gasteiger partial charge on any atom is 0.224 e. The summed E-state index contributed by atoms with van der Waals surface area (Å²) in [5.74, 6) is 0.0430. The molecule has 3 aromatic carbocycles. The van der Waals surface area contributed by atoms with Gasteiger partial charge in [0, 0.05) is 30.2 Å². The molecule has 4 rings (SSSR count). The molecule has 0 saturated heterocycles. The van der Waals surface area contributed by atoms with Crippen molar-refractivity contribution in [3.63, 3.8) is 0 Å². The fourth-order valence-electron chi connectivity index (χ4n) is 3.41. The van der Waals surface area contributed by atoms with Gasteiger partial charge in [0.25, 0.3) is 0 Å². The van der Waals surface area contributed by atoms with E-state index in [1.165, 1.54) is 5.56 Å². The summed E-state index contributed by atoms with van der Waals surface area (Å²) in [6.07, 6.45) is 2.49. The molecule has 0 radical (unpaired) electrons. The third-order valence-electron chi connectivity index (χ3n) is 4.75. The highest BCUT2D eigenvalue weighted by Gasteiger charge is 2.12. The van der Waals surface area contributed by atoms with E-state index in [1.54, 1.807) is 0 Å². The first-order valence-corrected chi connectivity index (χ1v) is 9.21. The van der Waals surface area contributed by atoms with Crippen molar-refractivity contribution in [2.45, 2.75) is 19.5 Å². The Morgan fingerprint density at radius 3 is 2.15 bits per heavy atom. The van der Waals surface area contributed by atoms with Crippen LogP contribution in [0.25, 0.3) is 10.9 Å². The number of carbonyl (C=O) groups is 1. The number of carbonyl (C=O) groups excluding carboxylic acids is 1. The van der Waals surface area contributed by atoms with Crippen molar-refractivity contribution >= 4 is 16.8 Å². The number of nitrogens with one attached hydrogen (secondary N) is 1. The summed E-state index contributed by atoms with van der Waals surface area (Å²) >= 11 is 0. The van der Waals surface area contributed by atoms with Gasteiger partial charge in [-0.25, -0.2) is 0 Å². The van der Waals surface area contributed by atoms with Crippen molar-refractivity contribution < 1.29 is 4.79 Å². The van der Waals surface area contributed by atoms with Crippen LogP contribution in [-0.2, 0) is 24.3 Å². The van der Waals surface area contributed by atoms with E-state index in [-0.39, 0.29) is 5.91 Å². The summed E-state index contributed by atoms with van der Waals surface area (Å²) in [5.41, 5.74) is 4.58. The molecule has 134 valence electrons. The Bertz CT molecular complexity index is 1040. The second kappa shape index (κ2) is 7.92. The van der Waals surface area contributed by atoms with Crippen LogP contribution in [0.5, 0.6) is 0 Å². The molecule has 1 amide bonds. The SMILES string of the molecule is O=C(Cc1cn(Cc2ccccc2)c2ccccc12)NCc1ccccc1. The summed E-state index contributed by atoms with van der Waals surface area (Å²) in [4.78, 5) is 12.5. The third-order valence-corrected chi connectivity index (χ3v) is 4.75. The molecule has 0 spiro atoms. The van der Waals surface area contributed by atoms with Crippen LogP contribution < -0.4 is 5.32 Å². The van der Waals surface area contributed by atoms with Crippen LogP contribution >= 0.6 is 0 Å². The second-order valence-corrected chi connectivity index (χ2v) is 6.72. The minimum atomic E-state index is 0.0430. The lowest BCUT2D eigenvalue weighted by Gasteiger charge is -2.05. The zero-order valence-electron chi connectivity index (χ0n) is 15.1. The van der Waals surface area contributed by atoms with E-state index in [4.69, 9.17) is 0 Å². The Balaban J connectivity index is 1.52. The van der Waals surface area contributed by atoms with Gasteiger partial charge in [-0.3, -0.25) is 4.79 Å². The van der Waals surface area contributed by atoms with Crippen LogP contribution in [0.2, 0.25) is 0 Å². The topological polar surface area (TPSA) is 34.0 Å². The molecule has 0 saturated carbocycles. The normalized spacial score (nSPS) is 10.8. The van der Waals surface area contributed by atoms with E-state index in [0.29, 0.717) is 13.0 Å². The number of hydrogen-bond donors (Lipinski definition) is 1. The summed E-state index contributed by atoms with van der Waals surface area (Å²) in [6.45, 7) is 1.36. The van der Waals surface area contributed by atoms with E-state index in [1.807, 2.05) is 48.5 Å². The summed E-state index contributed by atoms with van der Waals surface area (Å²) in [7, 11) is 0. The molecule has 27 heavy (non-hydrogen) atoms. The molecule has 0 fully saturated rings. The highest BCUT2D eigenvalue weighted by molar-refractivity contribution is 5.89. The Morgan fingerprint density at radius 1 is 0.778 bits per heavy atom. The van der Waals surface area contributed by atoms with E-state index in [2.05, 4.69) is 52.5 Å². The standard InChI is InChI=1S/C24H22N2O/c27-24(25-16-19-9-3-1-4-10-19)15-21-18-26(17-20-11-5-2-6-12-20)23-14-8-7-13-22(21)23/h1-14,18H,15-17H2,(H,25,27). The first-order chi connectivity index (χ1) is 13.3. The molecule has 1 N–H and O–H groups in total. The molecule has 4 aromatic rings. The minimum Gasteiger partial charge on any atom is -0.352 e. The van der Waals surface area contributed by atoms with Crippen LogP contribution in [0, 0.1) is 0 Å². The van der Waals surface area contributed by atoms with Crippen molar-refractivity contribution in [3.05, 3.63) is 108 Å². The van der Waals surface area contributed by atoms with Gasteiger partial charge in [0.2, 0.25) is 5.91 Å². The van der Waals surface area contributed by atoms with Crippen molar-refractivity contribution in [2.75, 3.05) is 0 Å². The van der Waals surface area contributed by atoms with Crippen LogP contribution in [0.3, 0.4) is 0 Å². The molecule has 0 bridgehead atoms. The number of amides is 1. The number of para-hydroxylation sites is 1. The fourth-order valence-corrected chi connectivity index (χ4v) is 3.41. The van der Waals surface area contributed by atoms with Gasteiger partial charge >= 0.3 is 0 Å². The van der Waals surface area contributed by atoms with Crippen LogP contribution in [0.4, 0.5) is 0 Å². The van der Waals surface area contributed by atoms with E-state index in [0.717, 1.165) is 28.6 Å². The largest absolute Gasteiger partial charge is 0.352 e. The molecule has 0 aliphatic carbocycles. The molecule has 0 aliphatic heterocycles. The van der Waals surface area contributed by atoms with E-state index in [9.17, 15) is 4.79 Å². The molecule has 3 nitrogen and oxygen atoms in total. The van der Waals surface area contributed by atoms with Gasteiger partial charge in [-0.05, 0) is 22.8 Å². The molecule has 1 heterocycles. The van der Waals surface area contributed by atoms with Gasteiger partial charge < -0.3 is 9.88 Å². The van der Waals surface area contributed by atoms with Crippen molar-refractivity contribution in [3.8, 4) is 0 Å². The van der Waals surface area contributed by atoms with E-state index >= 15 is 0 Å². The van der Waals surface area contributed by atoms with Crippen LogP contribution in [0.15, 0.2) is 91.1 Å². The molecular weight excluding hydrogens is 332 g/mol. The van der Waals surface area contributed by atoms with Crippen LogP contribution in [0.1, 0.15) is 16.7 Å². The Kier molecular flexibility index (Phi) is 5.01. The predicted octanol–water partition coefficient (Wildman–Crippen LogP) is 4.55. The lowest BCUT2D eigenvalue weighted by Crippen LogP contribution is -2.24. The monoisotopic (exact) mass is 354 g/mol. The maximum absolute atomic E-state index is 12.5. The number of rotatable bonds is 6. The Labute approximate surface area is 159 Å². The lowest BCUT2D eigenvalue weighted by molar-refractivity contribution is -0.120.